The van der Waals surface area contributed by atoms with E-state index < -0.39 is 0 Å². The lowest BCUT2D eigenvalue weighted by Crippen LogP contribution is -2.27. The average molecular weight is 446 g/mol. The Morgan fingerprint density at radius 3 is 2.86 bits per heavy atom. The number of aromatic nitrogens is 2. The summed E-state index contributed by atoms with van der Waals surface area (Å²) in [5, 5.41) is 4.20. The van der Waals surface area contributed by atoms with Gasteiger partial charge < -0.3 is 19.4 Å². The van der Waals surface area contributed by atoms with Crippen molar-refractivity contribution in [3.8, 4) is 11.5 Å². The van der Waals surface area contributed by atoms with E-state index >= 15 is 0 Å². The van der Waals surface area contributed by atoms with Crippen LogP contribution in [0.1, 0.15) is 5.56 Å². The fourth-order valence-corrected chi connectivity index (χ4v) is 2.97. The Hall–Kier alpha value is -3.07. The standard InChI is InChI=1S/C19H20BrN5O3/c1-25(2)17(26)11-28-18-13(20)8-12(9-16(18)27-3)10-21-24-19-22-14-6-4-5-7-15(14)23-19/h4-10H,11H2,1-3H3,(H2,22,23,24)/b21-10-. The van der Waals surface area contributed by atoms with Crippen LogP contribution in [-0.4, -0.2) is 54.8 Å². The van der Waals surface area contributed by atoms with Gasteiger partial charge in [-0.05, 0) is 45.8 Å². The lowest BCUT2D eigenvalue weighted by Gasteiger charge is -2.15. The second-order valence-electron chi connectivity index (χ2n) is 6.08. The molecule has 0 bridgehead atoms. The molecule has 3 rings (SSSR count). The molecule has 2 N–H and O–H groups in total. The van der Waals surface area contributed by atoms with Crippen LogP contribution in [0.3, 0.4) is 0 Å². The number of ether oxygens (including phenoxy) is 2. The number of anilines is 1. The number of methoxy groups -OCH3 is 1. The van der Waals surface area contributed by atoms with Crippen LogP contribution in [0.5, 0.6) is 11.5 Å². The minimum absolute atomic E-state index is 0.0804. The minimum atomic E-state index is -0.144. The molecule has 0 aliphatic carbocycles. The molecule has 0 aliphatic heterocycles. The van der Waals surface area contributed by atoms with E-state index in [1.54, 1.807) is 26.4 Å². The molecule has 8 nitrogen and oxygen atoms in total. The van der Waals surface area contributed by atoms with E-state index in [1.807, 2.05) is 30.3 Å². The summed E-state index contributed by atoms with van der Waals surface area (Å²) >= 11 is 3.46. The number of para-hydroxylation sites is 2. The number of carbonyl (C=O) groups excluding carboxylic acids is 1. The second kappa shape index (κ2) is 8.75. The van der Waals surface area contributed by atoms with E-state index in [-0.39, 0.29) is 12.5 Å². The van der Waals surface area contributed by atoms with Crippen LogP contribution >= 0.6 is 15.9 Å². The Labute approximate surface area is 170 Å². The highest BCUT2D eigenvalue weighted by Crippen LogP contribution is 2.36. The molecule has 0 radical (unpaired) electrons. The SMILES string of the molecule is COc1cc(/C=N\Nc2nc3ccccc3[nH]2)cc(Br)c1OCC(=O)N(C)C. The largest absolute Gasteiger partial charge is 0.493 e. The van der Waals surface area contributed by atoms with Crippen molar-refractivity contribution < 1.29 is 14.3 Å². The Balaban J connectivity index is 1.72. The third kappa shape index (κ3) is 4.61. The quantitative estimate of drug-likeness (QED) is 0.430. The lowest BCUT2D eigenvalue weighted by atomic mass is 10.2. The molecule has 0 aliphatic rings. The van der Waals surface area contributed by atoms with Crippen molar-refractivity contribution >= 4 is 45.0 Å². The number of rotatable bonds is 7. The van der Waals surface area contributed by atoms with E-state index in [4.69, 9.17) is 9.47 Å². The van der Waals surface area contributed by atoms with Gasteiger partial charge in [0.2, 0.25) is 5.95 Å². The normalized spacial score (nSPS) is 11.0. The Morgan fingerprint density at radius 1 is 1.36 bits per heavy atom. The summed E-state index contributed by atoms with van der Waals surface area (Å²) in [6.07, 6.45) is 1.63. The molecular weight excluding hydrogens is 426 g/mol. The second-order valence-corrected chi connectivity index (χ2v) is 6.94. The average Bonchev–Trinajstić information content (AvgIpc) is 3.09. The predicted molar refractivity (Wildman–Crippen MR) is 112 cm³/mol. The number of imidazole rings is 1. The van der Waals surface area contributed by atoms with Gasteiger partial charge in [-0.3, -0.25) is 4.79 Å². The van der Waals surface area contributed by atoms with Crippen LogP contribution in [0.15, 0.2) is 46.0 Å². The molecule has 0 unspecified atom stereocenters. The Kier molecular flexibility index (Phi) is 6.15. The zero-order chi connectivity index (χ0) is 20.1. The van der Waals surface area contributed by atoms with Gasteiger partial charge in [0.25, 0.3) is 5.91 Å². The summed E-state index contributed by atoms with van der Waals surface area (Å²) in [6, 6.07) is 11.3. The summed E-state index contributed by atoms with van der Waals surface area (Å²) in [5.74, 6) is 1.35. The van der Waals surface area contributed by atoms with Crippen LogP contribution in [-0.2, 0) is 4.79 Å². The zero-order valence-corrected chi connectivity index (χ0v) is 17.3. The molecule has 0 saturated carbocycles. The molecule has 9 heteroatoms. The maximum absolute atomic E-state index is 11.7. The van der Waals surface area contributed by atoms with Crippen LogP contribution in [0.4, 0.5) is 5.95 Å². The molecule has 146 valence electrons. The molecule has 1 aromatic heterocycles. The smallest absolute Gasteiger partial charge is 0.259 e. The highest BCUT2D eigenvalue weighted by Gasteiger charge is 2.14. The number of carbonyl (C=O) groups is 1. The van der Waals surface area contributed by atoms with Crippen molar-refractivity contribution in [3.63, 3.8) is 0 Å². The van der Waals surface area contributed by atoms with Gasteiger partial charge in [-0.15, -0.1) is 0 Å². The van der Waals surface area contributed by atoms with Crippen molar-refractivity contribution in [2.45, 2.75) is 0 Å². The number of halogens is 1. The van der Waals surface area contributed by atoms with E-state index in [2.05, 4.69) is 36.4 Å². The molecule has 3 aromatic rings. The summed E-state index contributed by atoms with van der Waals surface area (Å²) in [6.45, 7) is -0.0804. The van der Waals surface area contributed by atoms with Gasteiger partial charge in [0, 0.05) is 14.1 Å². The number of nitrogens with one attached hydrogen (secondary N) is 2. The first kappa shape index (κ1) is 19.7. The number of H-pyrrole nitrogens is 1. The van der Waals surface area contributed by atoms with Crippen molar-refractivity contribution in [1.29, 1.82) is 0 Å². The summed E-state index contributed by atoms with van der Waals surface area (Å²) in [4.78, 5) is 20.7. The Morgan fingerprint density at radius 2 is 2.14 bits per heavy atom. The van der Waals surface area contributed by atoms with Crippen molar-refractivity contribution in [2.75, 3.05) is 33.2 Å². The first-order chi connectivity index (χ1) is 13.5. The number of benzene rings is 2. The van der Waals surface area contributed by atoms with Gasteiger partial charge in [0.1, 0.15) is 0 Å². The first-order valence-electron chi connectivity index (χ1n) is 8.42. The highest BCUT2D eigenvalue weighted by atomic mass is 79.9. The van der Waals surface area contributed by atoms with E-state index in [0.717, 1.165) is 16.6 Å². The third-order valence-electron chi connectivity index (χ3n) is 3.86. The molecule has 2 aromatic carbocycles. The lowest BCUT2D eigenvalue weighted by molar-refractivity contribution is -0.130. The number of likely N-dealkylation sites (N-methyl/N-ethyl adjacent to an activating group) is 1. The molecule has 0 spiro atoms. The monoisotopic (exact) mass is 445 g/mol. The fraction of sp³-hybridized carbons (Fsp3) is 0.211. The van der Waals surface area contributed by atoms with Gasteiger partial charge in [-0.2, -0.15) is 5.10 Å². The van der Waals surface area contributed by atoms with E-state index in [9.17, 15) is 4.79 Å². The number of hydrazone groups is 1. The maximum atomic E-state index is 11.7. The van der Waals surface area contributed by atoms with Crippen LogP contribution in [0.25, 0.3) is 11.0 Å². The van der Waals surface area contributed by atoms with Crippen molar-refractivity contribution in [2.24, 2.45) is 5.10 Å². The van der Waals surface area contributed by atoms with Gasteiger partial charge in [0.05, 0.1) is 28.8 Å². The number of amides is 1. The van der Waals surface area contributed by atoms with Crippen molar-refractivity contribution in [1.82, 2.24) is 14.9 Å². The van der Waals surface area contributed by atoms with Gasteiger partial charge >= 0.3 is 0 Å². The maximum Gasteiger partial charge on any atom is 0.259 e. The van der Waals surface area contributed by atoms with Crippen molar-refractivity contribution in [3.05, 3.63) is 46.4 Å². The predicted octanol–water partition coefficient (Wildman–Crippen LogP) is 3.25. The highest BCUT2D eigenvalue weighted by molar-refractivity contribution is 9.10. The van der Waals surface area contributed by atoms with Crippen LogP contribution in [0.2, 0.25) is 0 Å². The summed E-state index contributed by atoms with van der Waals surface area (Å²) in [5.41, 5.74) is 5.44. The molecule has 28 heavy (non-hydrogen) atoms. The number of aromatic amines is 1. The first-order valence-corrected chi connectivity index (χ1v) is 9.21. The number of nitrogens with zero attached hydrogens (tertiary/aromatic N) is 3. The molecule has 0 saturated heterocycles. The number of hydrogen-bond donors (Lipinski definition) is 2. The molecular formula is C19H20BrN5O3. The molecule has 0 atom stereocenters. The number of fused-ring (bicyclic) bond motifs is 1. The van der Waals surface area contributed by atoms with Gasteiger partial charge in [0.15, 0.2) is 18.1 Å². The van der Waals surface area contributed by atoms with E-state index in [0.29, 0.717) is 21.9 Å². The molecule has 1 heterocycles. The topological polar surface area (TPSA) is 91.8 Å². The van der Waals surface area contributed by atoms with Crippen LogP contribution in [0, 0.1) is 0 Å². The fourth-order valence-electron chi connectivity index (χ4n) is 2.39. The zero-order valence-electron chi connectivity index (χ0n) is 15.7. The third-order valence-corrected chi connectivity index (χ3v) is 4.45. The summed E-state index contributed by atoms with van der Waals surface area (Å²) in [7, 11) is 4.88. The van der Waals surface area contributed by atoms with Crippen LogP contribution < -0.4 is 14.9 Å². The number of hydrogen-bond acceptors (Lipinski definition) is 6. The molecule has 0 fully saturated rings. The minimum Gasteiger partial charge on any atom is -0.493 e. The molecule has 1 amide bonds. The Bertz CT molecular complexity index is 983. The van der Waals surface area contributed by atoms with E-state index in [1.165, 1.54) is 12.0 Å². The van der Waals surface area contributed by atoms with Gasteiger partial charge in [-0.1, -0.05) is 12.1 Å². The summed E-state index contributed by atoms with van der Waals surface area (Å²) < 4.78 is 11.6. The van der Waals surface area contributed by atoms with Gasteiger partial charge in [-0.25, -0.2) is 10.4 Å².